The molecule has 0 saturated heterocycles. The van der Waals surface area contributed by atoms with Gasteiger partial charge < -0.3 is 10.6 Å². The van der Waals surface area contributed by atoms with E-state index in [4.69, 9.17) is 0 Å². The van der Waals surface area contributed by atoms with Crippen molar-refractivity contribution in [3.05, 3.63) is 77.1 Å². The second-order valence-corrected chi connectivity index (χ2v) is 7.92. The second-order valence-electron chi connectivity index (χ2n) is 7.92. The predicted octanol–water partition coefficient (Wildman–Crippen LogP) is 5.39. The minimum absolute atomic E-state index is 0.00487. The Bertz CT molecular complexity index is 988. The van der Waals surface area contributed by atoms with Gasteiger partial charge in [0.2, 0.25) is 5.95 Å². The van der Waals surface area contributed by atoms with Gasteiger partial charge >= 0.3 is 0 Å². The van der Waals surface area contributed by atoms with E-state index in [1.54, 1.807) is 0 Å². The number of anilines is 3. The van der Waals surface area contributed by atoms with Crippen LogP contribution in [0.15, 0.2) is 54.9 Å². The third-order valence-electron chi connectivity index (χ3n) is 4.75. The van der Waals surface area contributed by atoms with Crippen LogP contribution in [0.3, 0.4) is 0 Å². The lowest BCUT2D eigenvalue weighted by Gasteiger charge is -2.22. The number of carbonyl (C=O) groups excluding carboxylic acids is 1. The average Bonchev–Trinajstić information content (AvgIpc) is 2.65. The minimum Gasteiger partial charge on any atom is -0.324 e. The van der Waals surface area contributed by atoms with Crippen molar-refractivity contribution in [1.82, 2.24) is 9.97 Å². The number of aromatic nitrogens is 2. The number of nitrogens with one attached hydrogen (secondary N) is 2. The summed E-state index contributed by atoms with van der Waals surface area (Å²) in [6.45, 7) is 10.5. The number of benzene rings is 2. The molecule has 1 heterocycles. The van der Waals surface area contributed by atoms with Crippen LogP contribution in [0.1, 0.15) is 47.8 Å². The first-order valence-electron chi connectivity index (χ1n) is 9.32. The van der Waals surface area contributed by atoms with Gasteiger partial charge in [0.15, 0.2) is 0 Å². The zero-order valence-electron chi connectivity index (χ0n) is 17.0. The smallest absolute Gasteiger partial charge is 0.258 e. The molecular formula is C23H26N4O. The molecule has 28 heavy (non-hydrogen) atoms. The first-order valence-corrected chi connectivity index (χ1v) is 9.32. The van der Waals surface area contributed by atoms with Crippen molar-refractivity contribution in [2.24, 2.45) is 0 Å². The molecule has 0 fully saturated rings. The van der Waals surface area contributed by atoms with Gasteiger partial charge in [-0.25, -0.2) is 9.97 Å². The van der Waals surface area contributed by atoms with Gasteiger partial charge in [-0.3, -0.25) is 4.79 Å². The zero-order valence-corrected chi connectivity index (χ0v) is 17.0. The number of aryl methyl sites for hydroxylation is 1. The molecule has 0 radical (unpaired) electrons. The Balaban J connectivity index is 1.76. The van der Waals surface area contributed by atoms with Crippen LogP contribution in [0.25, 0.3) is 0 Å². The third-order valence-corrected chi connectivity index (χ3v) is 4.75. The Morgan fingerprint density at radius 3 is 2.21 bits per heavy atom. The number of nitrogens with zero attached hydrogens (tertiary/aromatic N) is 2. The van der Waals surface area contributed by atoms with Crippen molar-refractivity contribution in [1.29, 1.82) is 0 Å². The van der Waals surface area contributed by atoms with Crippen molar-refractivity contribution in [3.63, 3.8) is 0 Å². The topological polar surface area (TPSA) is 66.9 Å². The van der Waals surface area contributed by atoms with Crippen LogP contribution in [0.4, 0.5) is 17.3 Å². The van der Waals surface area contributed by atoms with Gasteiger partial charge in [0, 0.05) is 23.8 Å². The molecule has 0 aliphatic carbocycles. The van der Waals surface area contributed by atoms with Crippen molar-refractivity contribution in [3.8, 4) is 0 Å². The maximum absolute atomic E-state index is 12.5. The van der Waals surface area contributed by atoms with Gasteiger partial charge in [0.05, 0.1) is 5.56 Å². The number of amides is 1. The first kappa shape index (κ1) is 19.5. The van der Waals surface area contributed by atoms with E-state index in [0.717, 1.165) is 22.5 Å². The fourth-order valence-corrected chi connectivity index (χ4v) is 2.96. The molecule has 2 aromatic carbocycles. The molecule has 5 heteroatoms. The van der Waals surface area contributed by atoms with Crippen LogP contribution in [0, 0.1) is 13.8 Å². The molecule has 2 N–H and O–H groups in total. The summed E-state index contributed by atoms with van der Waals surface area (Å²) in [5.74, 6) is 0.232. The Labute approximate surface area is 166 Å². The van der Waals surface area contributed by atoms with E-state index in [1.807, 2.05) is 50.2 Å². The fourth-order valence-electron chi connectivity index (χ4n) is 2.96. The van der Waals surface area contributed by atoms with Gasteiger partial charge in [-0.1, -0.05) is 51.1 Å². The molecular weight excluding hydrogens is 348 g/mol. The summed E-state index contributed by atoms with van der Waals surface area (Å²) in [6, 6.07) is 13.9. The summed E-state index contributed by atoms with van der Waals surface area (Å²) in [4.78, 5) is 21.2. The van der Waals surface area contributed by atoms with Crippen LogP contribution in [-0.2, 0) is 5.41 Å². The molecule has 0 aliphatic heterocycles. The number of hydrogen-bond acceptors (Lipinski definition) is 4. The average molecular weight is 374 g/mol. The van der Waals surface area contributed by atoms with Crippen LogP contribution >= 0.6 is 0 Å². The van der Waals surface area contributed by atoms with Crippen molar-refractivity contribution >= 4 is 23.2 Å². The molecule has 0 unspecified atom stereocenters. The lowest BCUT2D eigenvalue weighted by Crippen LogP contribution is -2.15. The van der Waals surface area contributed by atoms with E-state index >= 15 is 0 Å². The Morgan fingerprint density at radius 2 is 1.54 bits per heavy atom. The molecule has 0 atom stereocenters. The highest BCUT2D eigenvalue weighted by Gasteiger charge is 2.18. The van der Waals surface area contributed by atoms with E-state index in [-0.39, 0.29) is 11.3 Å². The highest BCUT2D eigenvalue weighted by Crippen LogP contribution is 2.30. The molecule has 5 nitrogen and oxygen atoms in total. The molecule has 0 bridgehead atoms. The first-order chi connectivity index (χ1) is 13.3. The van der Waals surface area contributed by atoms with Gasteiger partial charge in [-0.2, -0.15) is 0 Å². The van der Waals surface area contributed by atoms with E-state index < -0.39 is 0 Å². The lowest BCUT2D eigenvalue weighted by atomic mass is 9.86. The molecule has 3 aromatic rings. The van der Waals surface area contributed by atoms with Gasteiger partial charge in [-0.15, -0.1) is 0 Å². The predicted molar refractivity (Wildman–Crippen MR) is 114 cm³/mol. The molecule has 0 saturated carbocycles. The number of rotatable bonds is 4. The molecule has 0 aliphatic rings. The summed E-state index contributed by atoms with van der Waals surface area (Å²) in [7, 11) is 0. The Kier molecular flexibility index (Phi) is 5.45. The summed E-state index contributed by atoms with van der Waals surface area (Å²) in [6.07, 6.45) is 3.07. The maximum Gasteiger partial charge on any atom is 0.258 e. The standard InChI is InChI=1S/C23H26N4O/c1-15-9-8-12-19(16(15)2)26-21(28)17-13-24-22(25-14-17)27-20-11-7-6-10-18(20)23(3,4)5/h6-14H,1-5H3,(H,26,28)(H,24,25,27). The van der Waals surface area contributed by atoms with Crippen molar-refractivity contribution in [2.75, 3.05) is 10.6 Å². The van der Waals surface area contributed by atoms with E-state index in [2.05, 4.69) is 47.4 Å². The summed E-state index contributed by atoms with van der Waals surface area (Å²) in [5, 5.41) is 6.18. The van der Waals surface area contributed by atoms with Crippen LogP contribution in [-0.4, -0.2) is 15.9 Å². The van der Waals surface area contributed by atoms with Crippen LogP contribution in [0.2, 0.25) is 0 Å². The van der Waals surface area contributed by atoms with E-state index in [1.165, 1.54) is 18.0 Å². The van der Waals surface area contributed by atoms with Crippen molar-refractivity contribution < 1.29 is 4.79 Å². The normalized spacial score (nSPS) is 11.2. The van der Waals surface area contributed by atoms with Gasteiger partial charge in [-0.05, 0) is 48.1 Å². The number of hydrogen-bond donors (Lipinski definition) is 2. The Morgan fingerprint density at radius 1 is 0.893 bits per heavy atom. The van der Waals surface area contributed by atoms with Crippen LogP contribution < -0.4 is 10.6 Å². The second kappa shape index (κ2) is 7.80. The zero-order chi connectivity index (χ0) is 20.3. The quantitative estimate of drug-likeness (QED) is 0.643. The SMILES string of the molecule is Cc1cccc(NC(=O)c2cnc(Nc3ccccc3C(C)(C)C)nc2)c1C. The molecule has 1 amide bonds. The summed E-state index contributed by atoms with van der Waals surface area (Å²) >= 11 is 0. The Hall–Kier alpha value is -3.21. The summed E-state index contributed by atoms with van der Waals surface area (Å²) in [5.41, 5.74) is 5.52. The van der Waals surface area contributed by atoms with Crippen molar-refractivity contribution in [2.45, 2.75) is 40.0 Å². The largest absolute Gasteiger partial charge is 0.324 e. The highest BCUT2D eigenvalue weighted by molar-refractivity contribution is 6.04. The number of para-hydroxylation sites is 1. The number of carbonyl (C=O) groups is 1. The third kappa shape index (κ3) is 4.36. The fraction of sp³-hybridized carbons (Fsp3) is 0.261. The lowest BCUT2D eigenvalue weighted by molar-refractivity contribution is 0.102. The van der Waals surface area contributed by atoms with Gasteiger partial charge in [0.25, 0.3) is 5.91 Å². The maximum atomic E-state index is 12.5. The highest BCUT2D eigenvalue weighted by atomic mass is 16.1. The van der Waals surface area contributed by atoms with E-state index in [0.29, 0.717) is 11.5 Å². The molecule has 1 aromatic heterocycles. The van der Waals surface area contributed by atoms with Crippen LogP contribution in [0.5, 0.6) is 0 Å². The van der Waals surface area contributed by atoms with E-state index in [9.17, 15) is 4.79 Å². The molecule has 0 spiro atoms. The van der Waals surface area contributed by atoms with Gasteiger partial charge in [0.1, 0.15) is 0 Å². The minimum atomic E-state index is -0.227. The monoisotopic (exact) mass is 374 g/mol. The molecule has 144 valence electrons. The molecule has 3 rings (SSSR count). The summed E-state index contributed by atoms with van der Waals surface area (Å²) < 4.78 is 0.